The summed E-state index contributed by atoms with van der Waals surface area (Å²) in [5.41, 5.74) is 1.45. The topological polar surface area (TPSA) is 41.5 Å². The van der Waals surface area contributed by atoms with Crippen LogP contribution in [0.2, 0.25) is 6.55 Å². The number of allylic oxidation sites excluding steroid dienone is 3. The predicted octanol–water partition coefficient (Wildman–Crippen LogP) is 1.63. The van der Waals surface area contributed by atoms with E-state index in [1.165, 1.54) is 16.1 Å². The van der Waals surface area contributed by atoms with E-state index in [1.807, 2.05) is 0 Å². The molecule has 3 nitrogen and oxygen atoms in total. The fourth-order valence-corrected chi connectivity index (χ4v) is 5.98. The lowest BCUT2D eigenvalue weighted by molar-refractivity contribution is 0.202. The Morgan fingerprint density at radius 3 is 2.75 bits per heavy atom. The Hall–Kier alpha value is -0.583. The third-order valence-corrected chi connectivity index (χ3v) is 6.56. The third kappa shape index (κ3) is 1.97. The molecule has 1 saturated heterocycles. The van der Waals surface area contributed by atoms with Crippen molar-refractivity contribution >= 4 is 8.32 Å². The summed E-state index contributed by atoms with van der Waals surface area (Å²) in [6.07, 6.45) is 3.31. The Morgan fingerprint density at radius 1 is 1.50 bits per heavy atom. The molecule has 2 rings (SSSR count). The van der Waals surface area contributed by atoms with E-state index in [0.717, 1.165) is 6.42 Å². The van der Waals surface area contributed by atoms with Crippen LogP contribution in [0.5, 0.6) is 0 Å². The number of rotatable bonds is 4. The van der Waals surface area contributed by atoms with E-state index in [4.69, 9.17) is 9.53 Å². The SMILES string of the molecule is CC(C)(C)NC1=C2C(=CC1)[Si]2(C)OCCO. The van der Waals surface area contributed by atoms with Gasteiger partial charge < -0.3 is 14.8 Å². The molecular formula is C12H21NO2Si. The van der Waals surface area contributed by atoms with Gasteiger partial charge in [-0.25, -0.2) is 0 Å². The molecule has 1 fully saturated rings. The molecule has 4 heteroatoms. The van der Waals surface area contributed by atoms with Crippen LogP contribution in [0.25, 0.3) is 0 Å². The van der Waals surface area contributed by atoms with Gasteiger partial charge in [0.15, 0.2) is 0 Å². The van der Waals surface area contributed by atoms with Gasteiger partial charge >= 0.3 is 0 Å². The van der Waals surface area contributed by atoms with Crippen molar-refractivity contribution in [2.24, 2.45) is 0 Å². The van der Waals surface area contributed by atoms with E-state index in [2.05, 4.69) is 38.7 Å². The van der Waals surface area contributed by atoms with Crippen LogP contribution in [0.1, 0.15) is 27.2 Å². The largest absolute Gasteiger partial charge is 0.406 e. The summed E-state index contributed by atoms with van der Waals surface area (Å²) in [5.74, 6) is 0. The number of nitrogens with one attached hydrogen (secondary N) is 1. The third-order valence-electron chi connectivity index (χ3n) is 3.02. The first-order valence-electron chi connectivity index (χ1n) is 5.86. The normalized spacial score (nSPS) is 27.9. The molecule has 0 aromatic heterocycles. The van der Waals surface area contributed by atoms with Crippen LogP contribution in [0.15, 0.2) is 22.2 Å². The predicted molar refractivity (Wildman–Crippen MR) is 67.3 cm³/mol. The molecule has 0 radical (unpaired) electrons. The zero-order chi connectivity index (χ0) is 12.0. The van der Waals surface area contributed by atoms with Crippen molar-refractivity contribution in [1.82, 2.24) is 5.32 Å². The van der Waals surface area contributed by atoms with Crippen molar-refractivity contribution in [3.63, 3.8) is 0 Å². The van der Waals surface area contributed by atoms with E-state index in [0.29, 0.717) is 6.61 Å². The van der Waals surface area contributed by atoms with Gasteiger partial charge in [-0.3, -0.25) is 0 Å². The van der Waals surface area contributed by atoms with Crippen LogP contribution in [0.3, 0.4) is 0 Å². The maximum absolute atomic E-state index is 8.82. The van der Waals surface area contributed by atoms with E-state index < -0.39 is 8.32 Å². The minimum atomic E-state index is -1.72. The summed E-state index contributed by atoms with van der Waals surface area (Å²) in [4.78, 5) is 0. The molecule has 0 bridgehead atoms. The molecule has 1 aliphatic heterocycles. The molecule has 1 atom stereocenters. The summed E-state index contributed by atoms with van der Waals surface area (Å²) in [6, 6.07) is 0. The first-order chi connectivity index (χ1) is 7.38. The van der Waals surface area contributed by atoms with Crippen LogP contribution in [0.4, 0.5) is 0 Å². The first-order valence-corrected chi connectivity index (χ1v) is 8.27. The highest BCUT2D eigenvalue weighted by molar-refractivity contribution is 7.02. The molecule has 0 saturated carbocycles. The average Bonchev–Trinajstić information content (AvgIpc) is 2.53. The van der Waals surface area contributed by atoms with Crippen molar-refractivity contribution in [3.8, 4) is 0 Å². The first kappa shape index (κ1) is 11.9. The standard InChI is InChI=1S/C12H21NO2Si/c1-12(2,3)13-9-5-6-10-11(9)16(10,4)15-8-7-14/h6,13-14H,5,7-8H2,1-4H3. The lowest BCUT2D eigenvalue weighted by Crippen LogP contribution is -2.35. The molecule has 2 aliphatic rings. The van der Waals surface area contributed by atoms with Gasteiger partial charge in [0.1, 0.15) is 0 Å². The molecule has 0 spiro atoms. The Bertz CT molecular complexity index is 368. The molecule has 0 aromatic rings. The van der Waals surface area contributed by atoms with Crippen molar-refractivity contribution in [1.29, 1.82) is 0 Å². The highest BCUT2D eigenvalue weighted by atomic mass is 28.4. The van der Waals surface area contributed by atoms with Crippen LogP contribution in [-0.4, -0.2) is 32.2 Å². The van der Waals surface area contributed by atoms with Gasteiger partial charge in [0.05, 0.1) is 13.2 Å². The fourth-order valence-electron chi connectivity index (χ4n) is 2.40. The van der Waals surface area contributed by atoms with Crippen LogP contribution in [-0.2, 0) is 4.43 Å². The van der Waals surface area contributed by atoms with Crippen molar-refractivity contribution in [2.45, 2.75) is 39.3 Å². The molecule has 90 valence electrons. The lowest BCUT2D eigenvalue weighted by atomic mass is 10.1. The maximum atomic E-state index is 8.82. The van der Waals surface area contributed by atoms with Gasteiger partial charge in [-0.1, -0.05) is 6.08 Å². The summed E-state index contributed by atoms with van der Waals surface area (Å²) in [7, 11) is -1.72. The van der Waals surface area contributed by atoms with Gasteiger partial charge in [-0.05, 0) is 37.7 Å². The number of aliphatic hydroxyl groups excluding tert-OH is 1. The minimum Gasteiger partial charge on any atom is -0.406 e. The zero-order valence-electron chi connectivity index (χ0n) is 10.6. The second-order valence-electron chi connectivity index (χ2n) is 5.66. The Balaban J connectivity index is 2.08. The lowest BCUT2D eigenvalue weighted by Gasteiger charge is -2.24. The second-order valence-corrected chi connectivity index (χ2v) is 9.05. The van der Waals surface area contributed by atoms with Gasteiger partial charge in [-0.2, -0.15) is 0 Å². The number of hydrogen-bond donors (Lipinski definition) is 2. The second kappa shape index (κ2) is 3.72. The van der Waals surface area contributed by atoms with Crippen molar-refractivity contribution < 1.29 is 9.53 Å². The summed E-state index contributed by atoms with van der Waals surface area (Å²) >= 11 is 0. The van der Waals surface area contributed by atoms with Crippen LogP contribution >= 0.6 is 0 Å². The molecule has 1 aliphatic carbocycles. The number of aliphatic hydroxyl groups is 1. The molecule has 0 amide bonds. The van der Waals surface area contributed by atoms with Gasteiger partial charge in [0.25, 0.3) is 8.32 Å². The van der Waals surface area contributed by atoms with E-state index in [-0.39, 0.29) is 12.1 Å². The highest BCUT2D eigenvalue weighted by Gasteiger charge is 2.59. The van der Waals surface area contributed by atoms with E-state index in [1.54, 1.807) is 0 Å². The van der Waals surface area contributed by atoms with Crippen molar-refractivity contribution in [3.05, 3.63) is 22.2 Å². The molecule has 2 N–H and O–H groups in total. The molecular weight excluding hydrogens is 218 g/mol. The molecule has 0 aromatic carbocycles. The van der Waals surface area contributed by atoms with Crippen molar-refractivity contribution in [2.75, 3.05) is 13.2 Å². The van der Waals surface area contributed by atoms with E-state index >= 15 is 0 Å². The van der Waals surface area contributed by atoms with Gasteiger partial charge in [-0.15, -0.1) is 0 Å². The maximum Gasteiger partial charge on any atom is 0.254 e. The Labute approximate surface area is 98.3 Å². The van der Waals surface area contributed by atoms with Gasteiger partial charge in [0.2, 0.25) is 0 Å². The average molecular weight is 239 g/mol. The van der Waals surface area contributed by atoms with Crippen LogP contribution < -0.4 is 5.32 Å². The summed E-state index contributed by atoms with van der Waals surface area (Å²) < 4.78 is 5.82. The summed E-state index contributed by atoms with van der Waals surface area (Å²) in [6.45, 7) is 9.32. The molecule has 1 heterocycles. The van der Waals surface area contributed by atoms with Gasteiger partial charge in [0, 0.05) is 17.7 Å². The number of fused-ring (bicyclic) bond motifs is 1. The number of hydrogen-bond acceptors (Lipinski definition) is 3. The fraction of sp³-hybridized carbons (Fsp3) is 0.667. The highest BCUT2D eigenvalue weighted by Crippen LogP contribution is 2.53. The summed E-state index contributed by atoms with van der Waals surface area (Å²) in [5, 5.41) is 15.3. The molecule has 1 unspecified atom stereocenters. The minimum absolute atomic E-state index is 0.112. The Kier molecular flexibility index (Phi) is 2.76. The van der Waals surface area contributed by atoms with Crippen LogP contribution in [0, 0.1) is 0 Å². The Morgan fingerprint density at radius 2 is 2.19 bits per heavy atom. The van der Waals surface area contributed by atoms with E-state index in [9.17, 15) is 0 Å². The molecule has 16 heavy (non-hydrogen) atoms. The smallest absolute Gasteiger partial charge is 0.254 e. The zero-order valence-corrected chi connectivity index (χ0v) is 11.6. The monoisotopic (exact) mass is 239 g/mol. The quantitative estimate of drug-likeness (QED) is 0.733.